The lowest BCUT2D eigenvalue weighted by atomic mass is 9.74. The Labute approximate surface area is 215 Å². The average Bonchev–Trinajstić information content (AvgIpc) is 3.54. The van der Waals surface area contributed by atoms with Crippen molar-refractivity contribution in [3.05, 3.63) is 41.7 Å². The van der Waals surface area contributed by atoms with Gasteiger partial charge in [0.25, 0.3) is 0 Å². The normalized spacial score (nSPS) is 27.6. The van der Waals surface area contributed by atoms with Gasteiger partial charge >= 0.3 is 10.3 Å². The van der Waals surface area contributed by atoms with Crippen LogP contribution in [0.15, 0.2) is 30.6 Å². The number of anilines is 1. The summed E-state index contributed by atoms with van der Waals surface area (Å²) in [6, 6.07) is 8.61. The highest BCUT2D eigenvalue weighted by Gasteiger charge is 2.45. The molecular formula is C24H32N8O4S. The van der Waals surface area contributed by atoms with E-state index in [9.17, 15) is 13.5 Å². The molecule has 1 saturated heterocycles. The van der Waals surface area contributed by atoms with Crippen molar-refractivity contribution in [2.45, 2.75) is 55.7 Å². The van der Waals surface area contributed by atoms with Gasteiger partial charge in [0.2, 0.25) is 0 Å². The molecule has 3 heterocycles. The van der Waals surface area contributed by atoms with Gasteiger partial charge in [0.15, 0.2) is 17.0 Å². The molecule has 2 aliphatic carbocycles. The van der Waals surface area contributed by atoms with E-state index < -0.39 is 16.4 Å². The Morgan fingerprint density at radius 2 is 2.00 bits per heavy atom. The van der Waals surface area contributed by atoms with E-state index in [0.29, 0.717) is 29.8 Å². The fourth-order valence-electron chi connectivity index (χ4n) is 6.46. The zero-order valence-corrected chi connectivity index (χ0v) is 21.5. The Kier molecular flexibility index (Phi) is 6.15. The van der Waals surface area contributed by atoms with E-state index >= 15 is 0 Å². The highest BCUT2D eigenvalue weighted by Crippen LogP contribution is 2.51. The number of nitrogens with one attached hydrogen (secondary N) is 1. The van der Waals surface area contributed by atoms with Gasteiger partial charge in [-0.3, -0.25) is 4.18 Å². The number of rotatable bonds is 6. The second kappa shape index (κ2) is 9.24. The number of nitrogens with two attached hydrogens (primary N) is 1. The molecule has 0 amide bonds. The van der Waals surface area contributed by atoms with Crippen LogP contribution >= 0.6 is 0 Å². The summed E-state index contributed by atoms with van der Waals surface area (Å²) in [5, 5.41) is 27.8. The van der Waals surface area contributed by atoms with E-state index in [4.69, 9.17) is 9.32 Å². The Morgan fingerprint density at radius 1 is 1.22 bits per heavy atom. The van der Waals surface area contributed by atoms with Gasteiger partial charge in [-0.2, -0.15) is 8.42 Å². The quantitative estimate of drug-likeness (QED) is 0.425. The molecule has 1 saturated carbocycles. The highest BCUT2D eigenvalue weighted by atomic mass is 32.2. The van der Waals surface area contributed by atoms with Crippen LogP contribution < -0.4 is 10.5 Å². The standard InChI is InChI=1S/C24H32N8O4S/c1-31-8-6-24(7-9-31)12-19(17-4-2-3-5-18(17)24)28-22-21-23(27-14-26-22)32(30-29-21)16-10-15(20(33)11-16)13-36-37(25,34)35/h2-5,14-16,19-20,33H,6-13H2,1H3,(H2,25,34,35)(H,26,27,28)/t15?,16?,19-,20?/m0/s1. The van der Waals surface area contributed by atoms with Crippen molar-refractivity contribution in [2.24, 2.45) is 11.1 Å². The van der Waals surface area contributed by atoms with Gasteiger partial charge in [0.05, 0.1) is 24.8 Å². The summed E-state index contributed by atoms with van der Waals surface area (Å²) in [6.07, 6.45) is 4.88. The minimum atomic E-state index is -4.07. The molecule has 1 aromatic carbocycles. The van der Waals surface area contributed by atoms with Crippen molar-refractivity contribution >= 4 is 27.3 Å². The zero-order chi connectivity index (χ0) is 25.8. The number of nitrogens with zero attached hydrogens (tertiary/aromatic N) is 6. The number of piperidine rings is 1. The van der Waals surface area contributed by atoms with Crippen molar-refractivity contribution in [1.82, 2.24) is 29.9 Å². The number of fused-ring (bicyclic) bond motifs is 3. The topological polar surface area (TPSA) is 161 Å². The molecule has 3 aromatic rings. The molecule has 2 aromatic heterocycles. The molecule has 4 N–H and O–H groups in total. The van der Waals surface area contributed by atoms with Crippen LogP contribution in [0.4, 0.5) is 5.82 Å². The number of aromatic nitrogens is 5. The van der Waals surface area contributed by atoms with E-state index in [0.717, 1.165) is 32.4 Å². The number of hydrogen-bond acceptors (Lipinski definition) is 10. The van der Waals surface area contributed by atoms with Gasteiger partial charge < -0.3 is 15.3 Å². The molecule has 4 atom stereocenters. The summed E-state index contributed by atoms with van der Waals surface area (Å²) in [7, 11) is -1.89. The summed E-state index contributed by atoms with van der Waals surface area (Å²) in [6.45, 7) is 2.00. The predicted molar refractivity (Wildman–Crippen MR) is 136 cm³/mol. The van der Waals surface area contributed by atoms with Gasteiger partial charge in [-0.25, -0.2) is 19.8 Å². The monoisotopic (exact) mass is 528 g/mol. The van der Waals surface area contributed by atoms with Gasteiger partial charge in [-0.05, 0) is 63.4 Å². The second-order valence-electron chi connectivity index (χ2n) is 10.7. The van der Waals surface area contributed by atoms with Crippen LogP contribution in [0, 0.1) is 5.92 Å². The van der Waals surface area contributed by atoms with Gasteiger partial charge in [0.1, 0.15) is 6.33 Å². The van der Waals surface area contributed by atoms with Crippen LogP contribution in [-0.2, 0) is 19.9 Å². The van der Waals surface area contributed by atoms with Crippen molar-refractivity contribution in [1.29, 1.82) is 0 Å². The second-order valence-corrected chi connectivity index (χ2v) is 12.0. The smallest absolute Gasteiger partial charge is 0.333 e. The van der Waals surface area contributed by atoms with E-state index in [-0.39, 0.29) is 30.0 Å². The SMILES string of the molecule is CN1CCC2(CC1)C[C@H](Nc1ncnc3c1nnn3C1CC(O)C(COS(N)(=O)=O)C1)c1ccccc12. The maximum atomic E-state index is 11.2. The molecule has 13 heteroatoms. The Bertz CT molecular complexity index is 1400. The first-order chi connectivity index (χ1) is 17.7. The molecule has 6 rings (SSSR count). The van der Waals surface area contributed by atoms with Crippen LogP contribution in [0.2, 0.25) is 0 Å². The summed E-state index contributed by atoms with van der Waals surface area (Å²) in [4.78, 5) is 11.4. The number of benzene rings is 1. The molecule has 12 nitrogen and oxygen atoms in total. The fraction of sp³-hybridized carbons (Fsp3) is 0.583. The molecule has 0 radical (unpaired) electrons. The molecule has 1 aliphatic heterocycles. The van der Waals surface area contributed by atoms with E-state index in [1.165, 1.54) is 17.5 Å². The molecule has 0 bridgehead atoms. The lowest BCUT2D eigenvalue weighted by Gasteiger charge is -2.39. The van der Waals surface area contributed by atoms with E-state index in [1.54, 1.807) is 4.68 Å². The summed E-state index contributed by atoms with van der Waals surface area (Å²) >= 11 is 0. The van der Waals surface area contributed by atoms with Gasteiger partial charge in [-0.1, -0.05) is 29.5 Å². The van der Waals surface area contributed by atoms with Crippen LogP contribution in [0.25, 0.3) is 11.2 Å². The third-order valence-corrected chi connectivity index (χ3v) is 8.91. The maximum absolute atomic E-state index is 11.2. The summed E-state index contributed by atoms with van der Waals surface area (Å²) in [5.74, 6) is 0.247. The molecule has 1 spiro atoms. The molecule has 3 aliphatic rings. The number of hydrogen-bond donors (Lipinski definition) is 3. The molecule has 37 heavy (non-hydrogen) atoms. The minimum Gasteiger partial charge on any atom is -0.393 e. The van der Waals surface area contributed by atoms with Crippen molar-refractivity contribution in [3.8, 4) is 0 Å². The fourth-order valence-corrected chi connectivity index (χ4v) is 6.82. The lowest BCUT2D eigenvalue weighted by molar-refractivity contribution is 0.100. The molecular weight excluding hydrogens is 496 g/mol. The van der Waals surface area contributed by atoms with Crippen molar-refractivity contribution in [3.63, 3.8) is 0 Å². The largest absolute Gasteiger partial charge is 0.393 e. The Hall–Kier alpha value is -2.71. The van der Waals surface area contributed by atoms with Crippen LogP contribution in [0.1, 0.15) is 55.3 Å². The highest BCUT2D eigenvalue weighted by molar-refractivity contribution is 7.84. The maximum Gasteiger partial charge on any atom is 0.333 e. The molecule has 198 valence electrons. The average molecular weight is 529 g/mol. The zero-order valence-electron chi connectivity index (χ0n) is 20.7. The third kappa shape index (κ3) is 4.59. The third-order valence-electron chi connectivity index (χ3n) is 8.44. The Morgan fingerprint density at radius 3 is 2.78 bits per heavy atom. The van der Waals surface area contributed by atoms with Gasteiger partial charge in [0, 0.05) is 11.3 Å². The predicted octanol–water partition coefficient (Wildman–Crippen LogP) is 1.27. The first kappa shape index (κ1) is 24.6. The van der Waals surface area contributed by atoms with Crippen molar-refractivity contribution < 1.29 is 17.7 Å². The van der Waals surface area contributed by atoms with Crippen molar-refractivity contribution in [2.75, 3.05) is 32.1 Å². The molecule has 2 fully saturated rings. The summed E-state index contributed by atoms with van der Waals surface area (Å²) in [5.41, 5.74) is 4.05. The summed E-state index contributed by atoms with van der Waals surface area (Å²) < 4.78 is 28.8. The lowest BCUT2D eigenvalue weighted by Crippen LogP contribution is -2.39. The number of likely N-dealkylation sites (tertiary alicyclic amines) is 1. The Balaban J connectivity index is 1.24. The van der Waals surface area contributed by atoms with E-state index in [1.807, 2.05) is 0 Å². The number of aliphatic hydroxyl groups excluding tert-OH is 1. The molecule has 3 unspecified atom stereocenters. The van der Waals surface area contributed by atoms with E-state index in [2.05, 4.69) is 61.8 Å². The minimum absolute atomic E-state index is 0.107. The first-order valence-electron chi connectivity index (χ1n) is 12.7. The first-order valence-corrected chi connectivity index (χ1v) is 14.2. The van der Waals surface area contributed by atoms with Crippen LogP contribution in [0.3, 0.4) is 0 Å². The van der Waals surface area contributed by atoms with Gasteiger partial charge in [-0.15, -0.1) is 5.10 Å². The van der Waals surface area contributed by atoms with Crippen LogP contribution in [0.5, 0.6) is 0 Å². The number of aliphatic hydroxyl groups is 1. The van der Waals surface area contributed by atoms with Crippen LogP contribution in [-0.4, -0.2) is 76.2 Å².